The van der Waals surface area contributed by atoms with Crippen LogP contribution in [-0.4, -0.2) is 48.0 Å². The van der Waals surface area contributed by atoms with E-state index < -0.39 is 0 Å². The van der Waals surface area contributed by atoms with Gasteiger partial charge in [0.05, 0.1) is 29.3 Å². The van der Waals surface area contributed by atoms with E-state index in [1.54, 1.807) is 7.11 Å². The predicted octanol–water partition coefficient (Wildman–Crippen LogP) is 2.69. The van der Waals surface area contributed by atoms with Gasteiger partial charge in [0.1, 0.15) is 5.69 Å². The van der Waals surface area contributed by atoms with Gasteiger partial charge in [-0.1, -0.05) is 18.2 Å². The first-order valence-corrected chi connectivity index (χ1v) is 9.16. The van der Waals surface area contributed by atoms with Crippen molar-refractivity contribution in [1.29, 1.82) is 0 Å². The number of rotatable bonds is 6. The predicted molar refractivity (Wildman–Crippen MR) is 102 cm³/mol. The SMILES string of the molecule is COCCn1c(C(=O)NC[C@H]2CCCO2)cc2c1c1ccccc1n2C. The minimum absolute atomic E-state index is 0.0584. The number of nitrogens with zero attached hydrogens (tertiary/aromatic N) is 2. The largest absolute Gasteiger partial charge is 0.383 e. The second-order valence-corrected chi connectivity index (χ2v) is 6.83. The monoisotopic (exact) mass is 355 g/mol. The first-order chi connectivity index (χ1) is 12.7. The van der Waals surface area contributed by atoms with Crippen LogP contribution in [0.2, 0.25) is 0 Å². The molecule has 4 rings (SSSR count). The zero-order chi connectivity index (χ0) is 18.1. The van der Waals surface area contributed by atoms with Gasteiger partial charge >= 0.3 is 0 Å². The van der Waals surface area contributed by atoms with Crippen LogP contribution < -0.4 is 5.32 Å². The number of methoxy groups -OCH3 is 1. The van der Waals surface area contributed by atoms with E-state index in [9.17, 15) is 4.79 Å². The van der Waals surface area contributed by atoms with Crippen LogP contribution in [0, 0.1) is 0 Å². The first-order valence-electron chi connectivity index (χ1n) is 9.16. The topological polar surface area (TPSA) is 57.4 Å². The highest BCUT2D eigenvalue weighted by molar-refractivity contribution is 6.10. The quantitative estimate of drug-likeness (QED) is 0.740. The molecule has 0 spiro atoms. The van der Waals surface area contributed by atoms with Crippen LogP contribution in [0.5, 0.6) is 0 Å². The molecule has 0 bridgehead atoms. The fraction of sp³-hybridized carbons (Fsp3) is 0.450. The second kappa shape index (κ2) is 7.13. The molecule has 0 aliphatic carbocycles. The molecule has 1 aliphatic heterocycles. The molecule has 1 atom stereocenters. The smallest absolute Gasteiger partial charge is 0.268 e. The molecular formula is C20H25N3O3. The average molecular weight is 355 g/mol. The molecule has 6 heteroatoms. The van der Waals surface area contributed by atoms with E-state index in [0.717, 1.165) is 41.4 Å². The normalized spacial score (nSPS) is 17.4. The Balaban J connectivity index is 1.73. The summed E-state index contributed by atoms with van der Waals surface area (Å²) in [5, 5.41) is 4.19. The Morgan fingerprint density at radius 1 is 1.35 bits per heavy atom. The summed E-state index contributed by atoms with van der Waals surface area (Å²) >= 11 is 0. The summed E-state index contributed by atoms with van der Waals surface area (Å²) in [4.78, 5) is 12.9. The number of benzene rings is 1. The molecule has 6 nitrogen and oxygen atoms in total. The van der Waals surface area contributed by atoms with Crippen molar-refractivity contribution in [3.05, 3.63) is 36.0 Å². The number of aromatic nitrogens is 2. The van der Waals surface area contributed by atoms with Gasteiger partial charge in [-0.05, 0) is 25.0 Å². The number of para-hydroxylation sites is 1. The third-order valence-electron chi connectivity index (χ3n) is 5.22. The molecule has 1 fully saturated rings. The minimum Gasteiger partial charge on any atom is -0.383 e. The fourth-order valence-corrected chi connectivity index (χ4v) is 3.88. The minimum atomic E-state index is -0.0584. The summed E-state index contributed by atoms with van der Waals surface area (Å²) in [5.41, 5.74) is 3.98. The number of hydrogen-bond acceptors (Lipinski definition) is 3. The molecule has 0 saturated carbocycles. The maximum absolute atomic E-state index is 12.9. The summed E-state index contributed by atoms with van der Waals surface area (Å²) in [7, 11) is 3.72. The Labute approximate surface area is 152 Å². The van der Waals surface area contributed by atoms with Crippen LogP contribution in [0.25, 0.3) is 21.9 Å². The maximum atomic E-state index is 12.9. The van der Waals surface area contributed by atoms with Crippen molar-refractivity contribution < 1.29 is 14.3 Å². The van der Waals surface area contributed by atoms with Crippen molar-refractivity contribution in [2.24, 2.45) is 7.05 Å². The van der Waals surface area contributed by atoms with E-state index >= 15 is 0 Å². The molecule has 2 aromatic heterocycles. The molecule has 0 unspecified atom stereocenters. The molecule has 138 valence electrons. The van der Waals surface area contributed by atoms with Crippen molar-refractivity contribution in [3.8, 4) is 0 Å². The number of amides is 1. The highest BCUT2D eigenvalue weighted by Crippen LogP contribution is 2.31. The van der Waals surface area contributed by atoms with Gasteiger partial charge in [-0.15, -0.1) is 0 Å². The number of nitrogens with one attached hydrogen (secondary N) is 1. The zero-order valence-electron chi connectivity index (χ0n) is 15.3. The van der Waals surface area contributed by atoms with Crippen molar-refractivity contribution in [1.82, 2.24) is 14.5 Å². The van der Waals surface area contributed by atoms with Gasteiger partial charge in [0.15, 0.2) is 0 Å². The van der Waals surface area contributed by atoms with Gasteiger partial charge in [0, 0.05) is 39.2 Å². The lowest BCUT2D eigenvalue weighted by Crippen LogP contribution is -2.33. The summed E-state index contributed by atoms with van der Waals surface area (Å²) in [6.45, 7) is 2.54. The summed E-state index contributed by atoms with van der Waals surface area (Å²) < 4.78 is 15.1. The molecule has 1 aliphatic rings. The summed E-state index contributed by atoms with van der Waals surface area (Å²) in [6.07, 6.45) is 2.22. The lowest BCUT2D eigenvalue weighted by molar-refractivity contribution is 0.0848. The summed E-state index contributed by atoms with van der Waals surface area (Å²) in [6, 6.07) is 10.3. The zero-order valence-corrected chi connectivity index (χ0v) is 15.3. The molecule has 0 radical (unpaired) electrons. The van der Waals surface area contributed by atoms with Crippen LogP contribution in [0.4, 0.5) is 0 Å². The Bertz CT molecular complexity index is 935. The molecule has 1 amide bonds. The Hall–Kier alpha value is -2.31. The fourth-order valence-electron chi connectivity index (χ4n) is 3.88. The number of fused-ring (bicyclic) bond motifs is 3. The van der Waals surface area contributed by atoms with Gasteiger partial charge < -0.3 is 23.9 Å². The summed E-state index contributed by atoms with van der Waals surface area (Å²) in [5.74, 6) is -0.0584. The average Bonchev–Trinajstić information content (AvgIpc) is 3.36. The van der Waals surface area contributed by atoms with Crippen molar-refractivity contribution in [2.75, 3.05) is 26.9 Å². The van der Waals surface area contributed by atoms with Crippen LogP contribution in [0.15, 0.2) is 30.3 Å². The van der Waals surface area contributed by atoms with Gasteiger partial charge in [0.2, 0.25) is 0 Å². The van der Waals surface area contributed by atoms with E-state index in [2.05, 4.69) is 26.6 Å². The van der Waals surface area contributed by atoms with Gasteiger partial charge in [-0.2, -0.15) is 0 Å². The lowest BCUT2D eigenvalue weighted by atomic mass is 10.2. The number of carbonyl (C=O) groups excluding carboxylic acids is 1. The number of carbonyl (C=O) groups is 1. The van der Waals surface area contributed by atoms with E-state index in [1.807, 2.05) is 25.2 Å². The van der Waals surface area contributed by atoms with Crippen LogP contribution in [-0.2, 0) is 23.1 Å². The standard InChI is InChI=1S/C20H25N3O3/c1-22-16-8-4-3-7-15(16)19-17(22)12-18(23(19)9-11-25-2)20(24)21-13-14-6-5-10-26-14/h3-4,7-8,12,14H,5-6,9-11,13H2,1-2H3,(H,21,24)/t14-/m1/s1. The van der Waals surface area contributed by atoms with Gasteiger partial charge in [0.25, 0.3) is 5.91 Å². The first kappa shape index (κ1) is 17.1. The Morgan fingerprint density at radius 2 is 2.19 bits per heavy atom. The van der Waals surface area contributed by atoms with Gasteiger partial charge in [-0.3, -0.25) is 4.79 Å². The Morgan fingerprint density at radius 3 is 2.96 bits per heavy atom. The van der Waals surface area contributed by atoms with E-state index in [4.69, 9.17) is 9.47 Å². The molecule has 3 aromatic rings. The number of ether oxygens (including phenoxy) is 2. The van der Waals surface area contributed by atoms with Crippen molar-refractivity contribution in [2.45, 2.75) is 25.5 Å². The second-order valence-electron chi connectivity index (χ2n) is 6.83. The molecule has 26 heavy (non-hydrogen) atoms. The molecule has 1 aromatic carbocycles. The van der Waals surface area contributed by atoms with Crippen LogP contribution >= 0.6 is 0 Å². The third kappa shape index (κ3) is 2.89. The molecule has 1 N–H and O–H groups in total. The lowest BCUT2D eigenvalue weighted by Gasteiger charge is -2.13. The van der Waals surface area contributed by atoms with E-state index in [-0.39, 0.29) is 12.0 Å². The van der Waals surface area contributed by atoms with Crippen molar-refractivity contribution in [3.63, 3.8) is 0 Å². The number of hydrogen-bond donors (Lipinski definition) is 1. The number of aryl methyl sites for hydroxylation is 1. The van der Waals surface area contributed by atoms with Gasteiger partial charge in [-0.25, -0.2) is 0 Å². The Kier molecular flexibility index (Phi) is 4.70. The molecule has 3 heterocycles. The van der Waals surface area contributed by atoms with E-state index in [0.29, 0.717) is 25.4 Å². The molecule has 1 saturated heterocycles. The highest BCUT2D eigenvalue weighted by Gasteiger charge is 2.22. The van der Waals surface area contributed by atoms with Crippen molar-refractivity contribution >= 4 is 27.8 Å². The van der Waals surface area contributed by atoms with Crippen LogP contribution in [0.3, 0.4) is 0 Å². The third-order valence-corrected chi connectivity index (χ3v) is 5.22. The van der Waals surface area contributed by atoms with Crippen LogP contribution in [0.1, 0.15) is 23.3 Å². The molecular weight excluding hydrogens is 330 g/mol. The highest BCUT2D eigenvalue weighted by atomic mass is 16.5. The van der Waals surface area contributed by atoms with E-state index in [1.165, 1.54) is 0 Å². The maximum Gasteiger partial charge on any atom is 0.268 e.